The van der Waals surface area contributed by atoms with Crippen LogP contribution in [0.3, 0.4) is 0 Å². The minimum absolute atomic E-state index is 0.201. The van der Waals surface area contributed by atoms with Gasteiger partial charge in [0.25, 0.3) is 11.8 Å². The average molecular weight is 382 g/mol. The van der Waals surface area contributed by atoms with E-state index in [1.807, 2.05) is 17.5 Å². The van der Waals surface area contributed by atoms with E-state index in [2.05, 4.69) is 15.5 Å². The van der Waals surface area contributed by atoms with E-state index < -0.39 is 18.0 Å². The molecule has 9 heteroatoms. The van der Waals surface area contributed by atoms with Gasteiger partial charge in [-0.2, -0.15) is 5.26 Å². The summed E-state index contributed by atoms with van der Waals surface area (Å²) in [7, 11) is 0. The molecule has 0 saturated heterocycles. The molecule has 2 heterocycles. The first-order valence-corrected chi connectivity index (χ1v) is 8.80. The van der Waals surface area contributed by atoms with Crippen LogP contribution in [0, 0.1) is 11.3 Å². The van der Waals surface area contributed by atoms with E-state index >= 15 is 0 Å². The molecule has 0 aliphatic carbocycles. The second-order valence-corrected chi connectivity index (χ2v) is 6.38. The maximum atomic E-state index is 12.3. The Morgan fingerprint density at radius 1 is 1.30 bits per heavy atom. The molecule has 2 aromatic heterocycles. The van der Waals surface area contributed by atoms with Crippen LogP contribution in [0.5, 0.6) is 0 Å². The predicted octanol–water partition coefficient (Wildman–Crippen LogP) is 3.57. The van der Waals surface area contributed by atoms with E-state index in [1.165, 1.54) is 23.5 Å². The molecule has 1 N–H and O–H groups in total. The van der Waals surface area contributed by atoms with Gasteiger partial charge in [0, 0.05) is 5.69 Å². The van der Waals surface area contributed by atoms with E-state index in [0.717, 1.165) is 4.88 Å². The lowest BCUT2D eigenvalue weighted by Crippen LogP contribution is -2.11. The molecule has 1 atom stereocenters. The molecule has 27 heavy (non-hydrogen) atoms. The fourth-order valence-corrected chi connectivity index (χ4v) is 2.79. The third-order valence-corrected chi connectivity index (χ3v) is 4.31. The van der Waals surface area contributed by atoms with Crippen LogP contribution in [0.4, 0.5) is 5.69 Å². The van der Waals surface area contributed by atoms with Crippen molar-refractivity contribution >= 4 is 28.9 Å². The number of aromatic nitrogens is 2. The molecule has 1 amide bonds. The Labute approximate surface area is 158 Å². The molecule has 3 rings (SSSR count). The Morgan fingerprint density at radius 2 is 2.07 bits per heavy atom. The number of rotatable bonds is 6. The number of carbonyl (C=O) groups excluding carboxylic acids is 2. The molecule has 136 valence electrons. The van der Waals surface area contributed by atoms with Gasteiger partial charge in [-0.3, -0.25) is 4.79 Å². The van der Waals surface area contributed by atoms with E-state index in [-0.39, 0.29) is 12.3 Å². The standard InChI is InChI=1S/C18H14N4O4S/c1-11(16-21-22-17(26-16)14-3-2-10-27-14)25-18(24)12-4-6-13(7-5-12)20-15(23)8-9-19/h2-7,10-11H,8H2,1H3,(H,20,23). The molecule has 1 unspecified atom stereocenters. The van der Waals surface area contributed by atoms with Crippen molar-refractivity contribution in [2.75, 3.05) is 5.32 Å². The second-order valence-electron chi connectivity index (χ2n) is 5.43. The van der Waals surface area contributed by atoms with Gasteiger partial charge < -0.3 is 14.5 Å². The average Bonchev–Trinajstić information content (AvgIpc) is 3.34. The van der Waals surface area contributed by atoms with E-state index in [0.29, 0.717) is 17.1 Å². The van der Waals surface area contributed by atoms with Gasteiger partial charge in [0.15, 0.2) is 6.10 Å². The third kappa shape index (κ3) is 4.56. The van der Waals surface area contributed by atoms with Crippen molar-refractivity contribution in [1.82, 2.24) is 10.2 Å². The van der Waals surface area contributed by atoms with Crippen molar-refractivity contribution in [3.8, 4) is 16.8 Å². The monoisotopic (exact) mass is 382 g/mol. The summed E-state index contributed by atoms with van der Waals surface area (Å²) >= 11 is 1.47. The van der Waals surface area contributed by atoms with Crippen LogP contribution < -0.4 is 5.32 Å². The molecule has 1 aromatic carbocycles. The topological polar surface area (TPSA) is 118 Å². The van der Waals surface area contributed by atoms with Gasteiger partial charge in [-0.15, -0.1) is 21.5 Å². The molecule has 0 aliphatic rings. The highest BCUT2D eigenvalue weighted by atomic mass is 32.1. The molecule has 0 radical (unpaired) electrons. The highest BCUT2D eigenvalue weighted by Crippen LogP contribution is 2.26. The van der Waals surface area contributed by atoms with Gasteiger partial charge >= 0.3 is 5.97 Å². The number of anilines is 1. The van der Waals surface area contributed by atoms with Crippen molar-refractivity contribution in [2.24, 2.45) is 0 Å². The number of nitriles is 1. The van der Waals surface area contributed by atoms with E-state index in [1.54, 1.807) is 25.1 Å². The van der Waals surface area contributed by atoms with Crippen LogP contribution >= 0.6 is 11.3 Å². The van der Waals surface area contributed by atoms with Crippen LogP contribution in [0.15, 0.2) is 46.2 Å². The van der Waals surface area contributed by atoms with Crippen molar-refractivity contribution < 1.29 is 18.7 Å². The highest BCUT2D eigenvalue weighted by molar-refractivity contribution is 7.13. The zero-order chi connectivity index (χ0) is 19.2. The van der Waals surface area contributed by atoms with Gasteiger partial charge in [0.05, 0.1) is 16.5 Å². The van der Waals surface area contributed by atoms with Crippen LogP contribution in [-0.4, -0.2) is 22.1 Å². The summed E-state index contributed by atoms with van der Waals surface area (Å²) in [4.78, 5) is 24.5. The number of nitrogens with zero attached hydrogens (tertiary/aromatic N) is 3. The molecule has 0 spiro atoms. The highest BCUT2D eigenvalue weighted by Gasteiger charge is 2.20. The lowest BCUT2D eigenvalue weighted by molar-refractivity contribution is -0.115. The number of hydrogen-bond donors (Lipinski definition) is 1. The zero-order valence-corrected chi connectivity index (χ0v) is 15.0. The number of ether oxygens (including phenoxy) is 1. The van der Waals surface area contributed by atoms with Gasteiger partial charge in [0.2, 0.25) is 5.91 Å². The van der Waals surface area contributed by atoms with Gasteiger partial charge in [0.1, 0.15) is 6.42 Å². The van der Waals surface area contributed by atoms with Crippen molar-refractivity contribution in [1.29, 1.82) is 5.26 Å². The number of esters is 1. The van der Waals surface area contributed by atoms with Crippen molar-refractivity contribution in [2.45, 2.75) is 19.4 Å². The molecular weight excluding hydrogens is 368 g/mol. The maximum Gasteiger partial charge on any atom is 0.338 e. The molecule has 0 aliphatic heterocycles. The van der Waals surface area contributed by atoms with Crippen LogP contribution in [0.25, 0.3) is 10.8 Å². The summed E-state index contributed by atoms with van der Waals surface area (Å²) in [5.74, 6) is -0.403. The normalized spacial score (nSPS) is 11.4. The van der Waals surface area contributed by atoms with Gasteiger partial charge in [-0.1, -0.05) is 6.07 Å². The van der Waals surface area contributed by atoms with E-state index in [4.69, 9.17) is 14.4 Å². The number of thiophene rings is 1. The SMILES string of the molecule is CC(OC(=O)c1ccc(NC(=O)CC#N)cc1)c1nnc(-c2cccs2)o1. The maximum absolute atomic E-state index is 12.3. The number of amides is 1. The summed E-state index contributed by atoms with van der Waals surface area (Å²) in [5.41, 5.74) is 0.787. The van der Waals surface area contributed by atoms with Crippen LogP contribution in [0.2, 0.25) is 0 Å². The summed E-state index contributed by atoms with van der Waals surface area (Å²) < 4.78 is 10.9. The quantitative estimate of drug-likeness (QED) is 0.647. The summed E-state index contributed by atoms with van der Waals surface area (Å²) in [6, 6.07) is 11.6. The molecular formula is C18H14N4O4S. The van der Waals surface area contributed by atoms with Crippen molar-refractivity contribution in [3.05, 3.63) is 53.2 Å². The number of carbonyl (C=O) groups is 2. The first-order chi connectivity index (χ1) is 13.1. The first kappa shape index (κ1) is 18.3. The molecule has 8 nitrogen and oxygen atoms in total. The second kappa shape index (κ2) is 8.25. The smallest absolute Gasteiger partial charge is 0.338 e. The van der Waals surface area contributed by atoms with Crippen LogP contribution in [-0.2, 0) is 9.53 Å². The first-order valence-electron chi connectivity index (χ1n) is 7.92. The largest absolute Gasteiger partial charge is 0.449 e. The molecule has 3 aromatic rings. The number of hydrogen-bond acceptors (Lipinski definition) is 8. The predicted molar refractivity (Wildman–Crippen MR) is 96.7 cm³/mol. The third-order valence-electron chi connectivity index (χ3n) is 3.45. The fourth-order valence-electron chi connectivity index (χ4n) is 2.14. The molecule has 0 bridgehead atoms. The zero-order valence-electron chi connectivity index (χ0n) is 14.2. The lowest BCUT2D eigenvalue weighted by Gasteiger charge is -2.10. The Balaban J connectivity index is 1.61. The Bertz CT molecular complexity index is 974. The number of nitrogens with one attached hydrogen (secondary N) is 1. The Hall–Kier alpha value is -3.51. The molecule has 0 fully saturated rings. The van der Waals surface area contributed by atoms with Crippen LogP contribution in [0.1, 0.15) is 35.7 Å². The van der Waals surface area contributed by atoms with Crippen molar-refractivity contribution in [3.63, 3.8) is 0 Å². The van der Waals surface area contributed by atoms with E-state index in [9.17, 15) is 9.59 Å². The summed E-state index contributed by atoms with van der Waals surface area (Å²) in [6.45, 7) is 1.64. The van der Waals surface area contributed by atoms with Gasteiger partial charge in [-0.05, 0) is 42.6 Å². The fraction of sp³-hybridized carbons (Fsp3) is 0.167. The Kier molecular flexibility index (Phi) is 5.58. The summed E-state index contributed by atoms with van der Waals surface area (Å²) in [5, 5.41) is 20.8. The molecule has 0 saturated carbocycles. The minimum atomic E-state index is -0.714. The number of benzene rings is 1. The summed E-state index contributed by atoms with van der Waals surface area (Å²) in [6.07, 6.45) is -0.951. The van der Waals surface area contributed by atoms with Gasteiger partial charge in [-0.25, -0.2) is 4.79 Å². The Morgan fingerprint density at radius 3 is 2.74 bits per heavy atom. The lowest BCUT2D eigenvalue weighted by atomic mass is 10.2. The minimum Gasteiger partial charge on any atom is -0.449 e.